The van der Waals surface area contributed by atoms with Crippen LogP contribution in [0.3, 0.4) is 0 Å². The second kappa shape index (κ2) is 5.51. The van der Waals surface area contributed by atoms with Gasteiger partial charge in [0.15, 0.2) is 0 Å². The summed E-state index contributed by atoms with van der Waals surface area (Å²) in [6.07, 6.45) is 0. The third-order valence-electron chi connectivity index (χ3n) is 2.52. The van der Waals surface area contributed by atoms with Gasteiger partial charge in [-0.3, -0.25) is 4.79 Å². The first kappa shape index (κ1) is 12.5. The smallest absolute Gasteiger partial charge is 0.253 e. The predicted octanol–water partition coefficient (Wildman–Crippen LogP) is 1.02. The molecule has 88 valence electrons. The minimum atomic E-state index is -0.245. The maximum absolute atomic E-state index is 11.8. The number of benzene rings is 1. The number of hydrogen-bond acceptors (Lipinski definition) is 3. The Morgan fingerprint density at radius 3 is 2.56 bits per heavy atom. The highest BCUT2D eigenvalue weighted by atomic mass is 16.3. The van der Waals surface area contributed by atoms with Crippen molar-refractivity contribution in [3.05, 3.63) is 29.8 Å². The molecule has 1 unspecified atom stereocenters. The lowest BCUT2D eigenvalue weighted by molar-refractivity contribution is 0.0898. The van der Waals surface area contributed by atoms with E-state index in [2.05, 4.69) is 5.32 Å². The van der Waals surface area contributed by atoms with E-state index >= 15 is 0 Å². The molecule has 0 radical (unpaired) electrons. The normalized spacial score (nSPS) is 12.5. The van der Waals surface area contributed by atoms with Crippen molar-refractivity contribution in [2.75, 3.05) is 12.3 Å². The Morgan fingerprint density at radius 2 is 2.06 bits per heavy atom. The standard InChI is InChI=1S/C12H18N2O2/c1-8(2)11(7-15)14-12(16)9-5-3-4-6-10(9)13/h3-6,8,11,15H,7,13H2,1-2H3,(H,14,16). The van der Waals surface area contributed by atoms with Gasteiger partial charge in [-0.1, -0.05) is 26.0 Å². The van der Waals surface area contributed by atoms with E-state index in [0.29, 0.717) is 11.3 Å². The first-order valence-electron chi connectivity index (χ1n) is 5.32. The molecule has 1 aromatic carbocycles. The molecule has 16 heavy (non-hydrogen) atoms. The van der Waals surface area contributed by atoms with Gasteiger partial charge in [-0.05, 0) is 18.1 Å². The van der Waals surface area contributed by atoms with Gasteiger partial charge in [-0.25, -0.2) is 0 Å². The summed E-state index contributed by atoms with van der Waals surface area (Å²) in [5, 5.41) is 11.9. The van der Waals surface area contributed by atoms with Crippen LogP contribution in [0.25, 0.3) is 0 Å². The Balaban J connectivity index is 2.76. The molecule has 0 aliphatic heterocycles. The first-order valence-corrected chi connectivity index (χ1v) is 5.32. The lowest BCUT2D eigenvalue weighted by Gasteiger charge is -2.20. The predicted molar refractivity (Wildman–Crippen MR) is 64.0 cm³/mol. The van der Waals surface area contributed by atoms with Crippen molar-refractivity contribution >= 4 is 11.6 Å². The van der Waals surface area contributed by atoms with E-state index in [1.165, 1.54) is 0 Å². The largest absolute Gasteiger partial charge is 0.398 e. The number of amides is 1. The fourth-order valence-corrected chi connectivity index (χ4v) is 1.37. The molecule has 0 fully saturated rings. The maximum atomic E-state index is 11.8. The second-order valence-corrected chi connectivity index (χ2v) is 4.09. The molecule has 0 aliphatic rings. The van der Waals surface area contributed by atoms with Crippen LogP contribution in [0.5, 0.6) is 0 Å². The van der Waals surface area contributed by atoms with E-state index in [0.717, 1.165) is 0 Å². The second-order valence-electron chi connectivity index (χ2n) is 4.09. The monoisotopic (exact) mass is 222 g/mol. The number of aliphatic hydroxyl groups excluding tert-OH is 1. The van der Waals surface area contributed by atoms with Crippen LogP contribution in [0.1, 0.15) is 24.2 Å². The Bertz CT molecular complexity index is 364. The number of anilines is 1. The highest BCUT2D eigenvalue weighted by molar-refractivity contribution is 5.99. The summed E-state index contributed by atoms with van der Waals surface area (Å²) in [5.41, 5.74) is 6.58. The van der Waals surface area contributed by atoms with E-state index in [1.807, 2.05) is 13.8 Å². The highest BCUT2D eigenvalue weighted by Crippen LogP contribution is 2.11. The number of carbonyl (C=O) groups excluding carboxylic acids is 1. The minimum absolute atomic E-state index is 0.0733. The Morgan fingerprint density at radius 1 is 1.44 bits per heavy atom. The number of aliphatic hydroxyl groups is 1. The average Bonchev–Trinajstić information content (AvgIpc) is 2.25. The zero-order valence-electron chi connectivity index (χ0n) is 9.60. The number of hydrogen-bond donors (Lipinski definition) is 3. The van der Waals surface area contributed by atoms with E-state index in [4.69, 9.17) is 10.8 Å². The molecular weight excluding hydrogens is 204 g/mol. The molecule has 0 bridgehead atoms. The third kappa shape index (κ3) is 2.97. The number of nitrogen functional groups attached to an aromatic ring is 1. The summed E-state index contributed by atoms with van der Waals surface area (Å²) in [7, 11) is 0. The molecule has 1 atom stereocenters. The van der Waals surface area contributed by atoms with Crippen molar-refractivity contribution in [2.24, 2.45) is 5.92 Å². The molecule has 0 aliphatic carbocycles. The average molecular weight is 222 g/mol. The van der Waals surface area contributed by atoms with Crippen molar-refractivity contribution in [1.29, 1.82) is 0 Å². The van der Waals surface area contributed by atoms with Crippen LogP contribution in [0.15, 0.2) is 24.3 Å². The van der Waals surface area contributed by atoms with E-state index in [9.17, 15) is 4.79 Å². The van der Waals surface area contributed by atoms with Crippen LogP contribution in [-0.2, 0) is 0 Å². The van der Waals surface area contributed by atoms with Crippen molar-refractivity contribution in [2.45, 2.75) is 19.9 Å². The summed E-state index contributed by atoms with van der Waals surface area (Å²) >= 11 is 0. The van der Waals surface area contributed by atoms with Crippen LogP contribution >= 0.6 is 0 Å². The van der Waals surface area contributed by atoms with Gasteiger partial charge >= 0.3 is 0 Å². The molecule has 0 aromatic heterocycles. The van der Waals surface area contributed by atoms with Gasteiger partial charge in [0, 0.05) is 5.69 Å². The molecular formula is C12H18N2O2. The SMILES string of the molecule is CC(C)C(CO)NC(=O)c1ccccc1N. The maximum Gasteiger partial charge on any atom is 0.253 e. The van der Waals surface area contributed by atoms with Gasteiger partial charge in [0.05, 0.1) is 18.2 Å². The molecule has 0 spiro atoms. The van der Waals surface area contributed by atoms with E-state index in [-0.39, 0.29) is 24.5 Å². The van der Waals surface area contributed by atoms with E-state index < -0.39 is 0 Å². The van der Waals surface area contributed by atoms with Crippen LogP contribution in [0.2, 0.25) is 0 Å². The van der Waals surface area contributed by atoms with Crippen molar-refractivity contribution in [1.82, 2.24) is 5.32 Å². The zero-order valence-corrected chi connectivity index (χ0v) is 9.60. The van der Waals surface area contributed by atoms with Gasteiger partial charge in [0.2, 0.25) is 0 Å². The minimum Gasteiger partial charge on any atom is -0.398 e. The number of para-hydroxylation sites is 1. The Labute approximate surface area is 95.5 Å². The summed E-state index contributed by atoms with van der Waals surface area (Å²) in [6.45, 7) is 3.81. The number of carbonyl (C=O) groups is 1. The summed E-state index contributed by atoms with van der Waals surface area (Å²) < 4.78 is 0. The van der Waals surface area contributed by atoms with Gasteiger partial charge in [-0.15, -0.1) is 0 Å². The van der Waals surface area contributed by atoms with Gasteiger partial charge in [-0.2, -0.15) is 0 Å². The van der Waals surface area contributed by atoms with Gasteiger partial charge in [0.25, 0.3) is 5.91 Å². The molecule has 1 amide bonds. The van der Waals surface area contributed by atoms with Crippen LogP contribution in [-0.4, -0.2) is 23.7 Å². The summed E-state index contributed by atoms with van der Waals surface area (Å²) in [5.74, 6) is -0.0651. The Hall–Kier alpha value is -1.55. The molecule has 0 heterocycles. The highest BCUT2D eigenvalue weighted by Gasteiger charge is 2.17. The van der Waals surface area contributed by atoms with Gasteiger partial charge < -0.3 is 16.2 Å². The molecule has 0 saturated heterocycles. The van der Waals surface area contributed by atoms with Crippen molar-refractivity contribution < 1.29 is 9.90 Å². The molecule has 4 nitrogen and oxygen atoms in total. The zero-order chi connectivity index (χ0) is 12.1. The van der Waals surface area contributed by atoms with Crippen LogP contribution in [0.4, 0.5) is 5.69 Å². The van der Waals surface area contributed by atoms with Crippen LogP contribution < -0.4 is 11.1 Å². The number of nitrogens with two attached hydrogens (primary N) is 1. The summed E-state index contributed by atoms with van der Waals surface area (Å²) in [6, 6.07) is 6.64. The molecule has 1 aromatic rings. The lowest BCUT2D eigenvalue weighted by atomic mass is 10.0. The number of rotatable bonds is 4. The molecule has 0 saturated carbocycles. The van der Waals surface area contributed by atoms with Crippen LogP contribution in [0, 0.1) is 5.92 Å². The quantitative estimate of drug-likeness (QED) is 0.666. The number of nitrogens with one attached hydrogen (secondary N) is 1. The van der Waals surface area contributed by atoms with Crippen molar-refractivity contribution in [3.63, 3.8) is 0 Å². The van der Waals surface area contributed by atoms with E-state index in [1.54, 1.807) is 24.3 Å². The molecule has 1 rings (SSSR count). The summed E-state index contributed by atoms with van der Waals surface area (Å²) in [4.78, 5) is 11.8. The van der Waals surface area contributed by atoms with Gasteiger partial charge in [0.1, 0.15) is 0 Å². The fraction of sp³-hybridized carbons (Fsp3) is 0.417. The fourth-order valence-electron chi connectivity index (χ4n) is 1.37. The van der Waals surface area contributed by atoms with Crippen molar-refractivity contribution in [3.8, 4) is 0 Å². The third-order valence-corrected chi connectivity index (χ3v) is 2.52. The lowest BCUT2D eigenvalue weighted by Crippen LogP contribution is -2.41. The topological polar surface area (TPSA) is 75.3 Å². The molecule has 4 N–H and O–H groups in total. The first-order chi connectivity index (χ1) is 7.56. The molecule has 4 heteroatoms. The Kier molecular flexibility index (Phi) is 4.31.